The van der Waals surface area contributed by atoms with Gasteiger partial charge >= 0.3 is 0 Å². The molecule has 0 saturated carbocycles. The van der Waals surface area contributed by atoms with Crippen LogP contribution in [0.15, 0.2) is 36.4 Å². The molecular weight excluding hydrogens is 284 g/mol. The first-order valence-corrected chi connectivity index (χ1v) is 7.67. The summed E-state index contributed by atoms with van der Waals surface area (Å²) in [6.07, 6.45) is 2.03. The standard InChI is InChI=1S/C18H21ClO2/c1-4-5-15-10-16(11-17(20-2)18(15)21-3)14-8-6-13(12-19)7-9-14/h6-11H,4-5,12H2,1-3H3. The van der Waals surface area contributed by atoms with Crippen molar-refractivity contribution in [2.45, 2.75) is 25.6 Å². The molecule has 0 saturated heterocycles. The van der Waals surface area contributed by atoms with Gasteiger partial charge in [0.2, 0.25) is 0 Å². The normalized spacial score (nSPS) is 10.5. The molecule has 2 rings (SSSR count). The van der Waals surface area contributed by atoms with E-state index < -0.39 is 0 Å². The van der Waals surface area contributed by atoms with Gasteiger partial charge < -0.3 is 9.47 Å². The molecule has 0 radical (unpaired) electrons. The molecule has 0 spiro atoms. The van der Waals surface area contributed by atoms with Gasteiger partial charge in [-0.1, -0.05) is 37.6 Å². The third kappa shape index (κ3) is 3.51. The molecule has 0 aromatic heterocycles. The van der Waals surface area contributed by atoms with Gasteiger partial charge in [-0.2, -0.15) is 0 Å². The van der Waals surface area contributed by atoms with Gasteiger partial charge in [0.25, 0.3) is 0 Å². The maximum Gasteiger partial charge on any atom is 0.163 e. The summed E-state index contributed by atoms with van der Waals surface area (Å²) in [5.41, 5.74) is 4.59. The Balaban J connectivity index is 2.49. The summed E-state index contributed by atoms with van der Waals surface area (Å²) in [5.74, 6) is 2.15. The molecule has 0 bridgehead atoms. The first-order valence-electron chi connectivity index (χ1n) is 7.13. The average Bonchev–Trinajstić information content (AvgIpc) is 2.54. The Kier molecular flexibility index (Phi) is 5.51. The van der Waals surface area contributed by atoms with Crippen molar-refractivity contribution in [3.63, 3.8) is 0 Å². The van der Waals surface area contributed by atoms with Crippen LogP contribution in [0.3, 0.4) is 0 Å². The number of methoxy groups -OCH3 is 2. The van der Waals surface area contributed by atoms with Gasteiger partial charge in [0.15, 0.2) is 11.5 Å². The van der Waals surface area contributed by atoms with E-state index in [9.17, 15) is 0 Å². The van der Waals surface area contributed by atoms with Gasteiger partial charge in [-0.3, -0.25) is 0 Å². The number of hydrogen-bond acceptors (Lipinski definition) is 2. The van der Waals surface area contributed by atoms with E-state index >= 15 is 0 Å². The second-order valence-electron chi connectivity index (χ2n) is 4.95. The number of halogens is 1. The summed E-state index contributed by atoms with van der Waals surface area (Å²) in [6, 6.07) is 12.5. The van der Waals surface area contributed by atoms with Crippen molar-refractivity contribution < 1.29 is 9.47 Å². The van der Waals surface area contributed by atoms with Crippen molar-refractivity contribution >= 4 is 11.6 Å². The van der Waals surface area contributed by atoms with Gasteiger partial charge in [0.05, 0.1) is 14.2 Å². The Labute approximate surface area is 131 Å². The van der Waals surface area contributed by atoms with Crippen molar-refractivity contribution in [1.29, 1.82) is 0 Å². The Hall–Kier alpha value is -1.67. The number of ether oxygens (including phenoxy) is 2. The predicted molar refractivity (Wildman–Crippen MR) is 88.5 cm³/mol. The molecule has 0 heterocycles. The third-order valence-corrected chi connectivity index (χ3v) is 3.83. The van der Waals surface area contributed by atoms with Crippen LogP contribution in [0, 0.1) is 0 Å². The number of hydrogen-bond donors (Lipinski definition) is 0. The Morgan fingerprint density at radius 3 is 2.19 bits per heavy atom. The number of rotatable bonds is 6. The average molecular weight is 305 g/mol. The molecule has 0 unspecified atom stereocenters. The lowest BCUT2D eigenvalue weighted by atomic mass is 9.98. The van der Waals surface area contributed by atoms with E-state index in [-0.39, 0.29) is 0 Å². The van der Waals surface area contributed by atoms with Crippen molar-refractivity contribution in [3.8, 4) is 22.6 Å². The molecule has 0 aliphatic rings. The van der Waals surface area contributed by atoms with Crippen molar-refractivity contribution in [2.75, 3.05) is 14.2 Å². The van der Waals surface area contributed by atoms with Crippen LogP contribution in [0.5, 0.6) is 11.5 Å². The highest BCUT2D eigenvalue weighted by atomic mass is 35.5. The van der Waals surface area contributed by atoms with E-state index in [1.54, 1.807) is 14.2 Å². The van der Waals surface area contributed by atoms with Gasteiger partial charge in [-0.25, -0.2) is 0 Å². The zero-order valence-electron chi connectivity index (χ0n) is 12.8. The smallest absolute Gasteiger partial charge is 0.163 e. The van der Waals surface area contributed by atoms with Crippen LogP contribution >= 0.6 is 11.6 Å². The molecule has 0 aliphatic carbocycles. The predicted octanol–water partition coefficient (Wildman–Crippen LogP) is 5.06. The largest absolute Gasteiger partial charge is 0.493 e. The quantitative estimate of drug-likeness (QED) is 0.694. The van der Waals surface area contributed by atoms with Crippen LogP contribution in [0.4, 0.5) is 0 Å². The number of aryl methyl sites for hydroxylation is 1. The van der Waals surface area contributed by atoms with E-state index in [0.29, 0.717) is 5.88 Å². The monoisotopic (exact) mass is 304 g/mol. The molecule has 0 amide bonds. The highest BCUT2D eigenvalue weighted by molar-refractivity contribution is 6.17. The molecule has 2 aromatic rings. The lowest BCUT2D eigenvalue weighted by Crippen LogP contribution is -1.97. The summed E-state index contributed by atoms with van der Waals surface area (Å²) >= 11 is 5.84. The van der Waals surface area contributed by atoms with Crippen LogP contribution in [0.1, 0.15) is 24.5 Å². The van der Waals surface area contributed by atoms with Crippen LogP contribution in [0.25, 0.3) is 11.1 Å². The fraction of sp³-hybridized carbons (Fsp3) is 0.333. The molecule has 21 heavy (non-hydrogen) atoms. The van der Waals surface area contributed by atoms with Gasteiger partial charge in [-0.05, 0) is 40.8 Å². The molecule has 112 valence electrons. The first-order chi connectivity index (χ1) is 10.2. The molecule has 0 N–H and O–H groups in total. The van der Waals surface area contributed by atoms with Gasteiger partial charge in [-0.15, -0.1) is 11.6 Å². The molecular formula is C18H21ClO2. The molecule has 3 heteroatoms. The summed E-state index contributed by atoms with van der Waals surface area (Å²) in [5, 5.41) is 0. The fourth-order valence-corrected chi connectivity index (χ4v) is 2.63. The molecule has 2 aromatic carbocycles. The summed E-state index contributed by atoms with van der Waals surface area (Å²) < 4.78 is 11.0. The van der Waals surface area contributed by atoms with E-state index in [4.69, 9.17) is 21.1 Å². The highest BCUT2D eigenvalue weighted by Crippen LogP contribution is 2.37. The van der Waals surface area contributed by atoms with Gasteiger partial charge in [0.1, 0.15) is 0 Å². The van der Waals surface area contributed by atoms with E-state index in [1.165, 1.54) is 5.56 Å². The third-order valence-electron chi connectivity index (χ3n) is 3.52. The van der Waals surface area contributed by atoms with Crippen LogP contribution < -0.4 is 9.47 Å². The first kappa shape index (κ1) is 15.7. The molecule has 0 fully saturated rings. The van der Waals surface area contributed by atoms with E-state index in [1.807, 2.05) is 6.07 Å². The zero-order valence-corrected chi connectivity index (χ0v) is 13.5. The minimum absolute atomic E-state index is 0.535. The van der Waals surface area contributed by atoms with Crippen LogP contribution in [-0.4, -0.2) is 14.2 Å². The van der Waals surface area contributed by atoms with Crippen LogP contribution in [0.2, 0.25) is 0 Å². The van der Waals surface area contributed by atoms with Crippen molar-refractivity contribution in [3.05, 3.63) is 47.5 Å². The Morgan fingerprint density at radius 1 is 0.952 bits per heavy atom. The summed E-state index contributed by atoms with van der Waals surface area (Å²) in [6.45, 7) is 2.16. The lowest BCUT2D eigenvalue weighted by Gasteiger charge is -2.15. The second-order valence-corrected chi connectivity index (χ2v) is 5.22. The highest BCUT2D eigenvalue weighted by Gasteiger charge is 2.12. The van der Waals surface area contributed by atoms with Crippen molar-refractivity contribution in [1.82, 2.24) is 0 Å². The fourth-order valence-electron chi connectivity index (χ4n) is 2.45. The van der Waals surface area contributed by atoms with Crippen LogP contribution in [-0.2, 0) is 12.3 Å². The molecule has 0 atom stereocenters. The minimum atomic E-state index is 0.535. The lowest BCUT2D eigenvalue weighted by molar-refractivity contribution is 0.351. The number of benzene rings is 2. The zero-order chi connectivity index (χ0) is 15.2. The van der Waals surface area contributed by atoms with Gasteiger partial charge in [0, 0.05) is 5.88 Å². The van der Waals surface area contributed by atoms with Crippen molar-refractivity contribution in [2.24, 2.45) is 0 Å². The summed E-state index contributed by atoms with van der Waals surface area (Å²) in [7, 11) is 3.36. The Bertz CT molecular complexity index is 591. The Morgan fingerprint density at radius 2 is 1.67 bits per heavy atom. The SMILES string of the molecule is CCCc1cc(-c2ccc(CCl)cc2)cc(OC)c1OC. The maximum absolute atomic E-state index is 5.84. The second kappa shape index (κ2) is 7.37. The maximum atomic E-state index is 5.84. The topological polar surface area (TPSA) is 18.5 Å². The minimum Gasteiger partial charge on any atom is -0.493 e. The number of alkyl halides is 1. The molecule has 0 aliphatic heterocycles. The van der Waals surface area contributed by atoms with E-state index in [2.05, 4.69) is 37.3 Å². The molecule has 2 nitrogen and oxygen atoms in total. The summed E-state index contributed by atoms with van der Waals surface area (Å²) in [4.78, 5) is 0. The van der Waals surface area contributed by atoms with E-state index in [0.717, 1.165) is 41.0 Å².